The van der Waals surface area contributed by atoms with Crippen molar-refractivity contribution in [2.45, 2.75) is 117 Å². The maximum absolute atomic E-state index is 5.65. The summed E-state index contributed by atoms with van der Waals surface area (Å²) in [5.74, 6) is 31.4. The monoisotopic (exact) mass is 873 g/mol. The third-order valence-electron chi connectivity index (χ3n) is 8.12. The average Bonchev–Trinajstić information content (AvgIpc) is 3.28. The summed E-state index contributed by atoms with van der Waals surface area (Å²) in [6.07, 6.45) is 0. The van der Waals surface area contributed by atoms with Crippen molar-refractivity contribution in [3.05, 3.63) is 95.6 Å². The number of hydrogen-bond acceptors (Lipinski definition) is 6. The molecule has 0 aliphatic carbocycles. The van der Waals surface area contributed by atoms with E-state index in [1.807, 2.05) is 59.7 Å². The van der Waals surface area contributed by atoms with Crippen LogP contribution in [0.15, 0.2) is 78.9 Å². The van der Waals surface area contributed by atoms with Gasteiger partial charge in [-0.1, -0.05) is 134 Å². The lowest BCUT2D eigenvalue weighted by atomic mass is 10.2. The van der Waals surface area contributed by atoms with E-state index in [2.05, 4.69) is 192 Å². The van der Waals surface area contributed by atoms with Crippen LogP contribution in [0.4, 0.5) is 11.4 Å². The van der Waals surface area contributed by atoms with Crippen molar-refractivity contribution >= 4 is 11.4 Å². The van der Waals surface area contributed by atoms with Gasteiger partial charge in [-0.3, -0.25) is 0 Å². The van der Waals surface area contributed by atoms with Crippen LogP contribution in [0, 0.1) is 82.9 Å². The van der Waals surface area contributed by atoms with Crippen LogP contribution < -0.4 is 9.80 Å². The molecule has 6 heteroatoms. The van der Waals surface area contributed by atoms with Crippen LogP contribution in [0.2, 0.25) is 0 Å². The van der Waals surface area contributed by atoms with Gasteiger partial charge in [0.05, 0.1) is 46.1 Å². The van der Waals surface area contributed by atoms with Gasteiger partial charge in [0.1, 0.15) is 6.61 Å². The molecular weight excluding hydrogens is 789 g/mol. The zero-order valence-corrected chi connectivity index (χ0v) is 42.6. The standard InChI is InChI=1S/C19H25NO.C16H23NO.C11H16O.C8H14O.C4H6/c1-5-7-13-20(14-8-6-2)19-11-9-18(10-12-19)16-21-15-17(3)4;1-5-6-11-17(4)16-9-7-15(8-10-16)13-18-12-14(2)3;1-10(2)8-12-9-11-6-4-3-5-7-11;1-4-5-6-9-7-8(2)3;1-3-4-2/h9-12,17H,13-16H2,1-4H3;7-10,14H,11-13H2,1-4H3;3-7,10H,8-9H2,1-2H3;8H,6-7H2,1-3H3;1-2H3. The van der Waals surface area contributed by atoms with Crippen molar-refractivity contribution in [3.63, 3.8) is 0 Å². The van der Waals surface area contributed by atoms with Gasteiger partial charge in [-0.25, -0.2) is 0 Å². The molecule has 350 valence electrons. The highest BCUT2D eigenvalue weighted by Gasteiger charge is 2.05. The van der Waals surface area contributed by atoms with E-state index in [-0.39, 0.29) is 0 Å². The highest BCUT2D eigenvalue weighted by atomic mass is 16.5. The van der Waals surface area contributed by atoms with Gasteiger partial charge in [-0.15, -0.1) is 35.5 Å². The first-order valence-corrected chi connectivity index (χ1v) is 22.7. The van der Waals surface area contributed by atoms with Crippen LogP contribution >= 0.6 is 0 Å². The number of rotatable bonds is 20. The van der Waals surface area contributed by atoms with E-state index in [4.69, 9.17) is 18.9 Å². The molecule has 0 atom stereocenters. The molecule has 0 N–H and O–H groups in total. The normalized spacial score (nSPS) is 9.42. The molecule has 3 aromatic rings. The van der Waals surface area contributed by atoms with E-state index in [1.165, 1.54) is 22.4 Å². The Labute approximate surface area is 393 Å². The summed E-state index contributed by atoms with van der Waals surface area (Å²) >= 11 is 0. The smallest absolute Gasteiger partial charge is 0.107 e. The zero-order chi connectivity index (χ0) is 48.2. The highest BCUT2D eigenvalue weighted by Crippen LogP contribution is 2.16. The largest absolute Gasteiger partial charge is 0.377 e. The molecule has 0 fully saturated rings. The quantitative estimate of drug-likeness (QED) is 0.0832. The first-order valence-electron chi connectivity index (χ1n) is 22.7. The molecule has 0 heterocycles. The molecule has 3 rings (SSSR count). The van der Waals surface area contributed by atoms with Gasteiger partial charge in [0.2, 0.25) is 0 Å². The van der Waals surface area contributed by atoms with Gasteiger partial charge >= 0.3 is 0 Å². The van der Waals surface area contributed by atoms with Crippen LogP contribution in [0.1, 0.15) is 114 Å². The minimum Gasteiger partial charge on any atom is -0.377 e. The average molecular weight is 873 g/mol. The van der Waals surface area contributed by atoms with Gasteiger partial charge in [0.25, 0.3) is 0 Å². The van der Waals surface area contributed by atoms with Crippen LogP contribution in [-0.2, 0) is 38.8 Å². The molecule has 0 radical (unpaired) electrons. The zero-order valence-electron chi connectivity index (χ0n) is 42.6. The van der Waals surface area contributed by atoms with Crippen LogP contribution in [0.25, 0.3) is 0 Å². The fraction of sp³-hybridized carbons (Fsp3) is 0.517. The summed E-state index contributed by atoms with van der Waals surface area (Å²) in [6.45, 7) is 36.3. The first kappa shape index (κ1) is 61.0. The number of nitrogens with zero attached hydrogens (tertiary/aromatic N) is 2. The minimum atomic E-state index is 0.569. The molecule has 0 spiro atoms. The summed E-state index contributed by atoms with van der Waals surface area (Å²) in [5.41, 5.74) is 5.99. The van der Waals surface area contributed by atoms with E-state index in [0.29, 0.717) is 56.6 Å². The molecule has 0 aromatic heterocycles. The van der Waals surface area contributed by atoms with Crippen molar-refractivity contribution in [3.8, 4) is 59.2 Å². The van der Waals surface area contributed by atoms with Gasteiger partial charge in [-0.05, 0) is 106 Å². The minimum absolute atomic E-state index is 0.569. The maximum Gasteiger partial charge on any atom is 0.107 e. The van der Waals surface area contributed by atoms with Crippen molar-refractivity contribution in [1.29, 1.82) is 0 Å². The lowest BCUT2D eigenvalue weighted by Gasteiger charge is -2.20. The highest BCUT2D eigenvalue weighted by molar-refractivity contribution is 5.50. The van der Waals surface area contributed by atoms with Crippen LogP contribution in [-0.4, -0.2) is 59.7 Å². The Bertz CT molecular complexity index is 1830. The van der Waals surface area contributed by atoms with E-state index in [9.17, 15) is 0 Å². The Morgan fingerprint density at radius 2 is 0.734 bits per heavy atom. The fourth-order valence-electron chi connectivity index (χ4n) is 4.76. The number of benzene rings is 3. The molecular formula is C58H84N2O4. The van der Waals surface area contributed by atoms with Gasteiger partial charge in [0, 0.05) is 38.2 Å². The van der Waals surface area contributed by atoms with E-state index < -0.39 is 0 Å². The van der Waals surface area contributed by atoms with Crippen molar-refractivity contribution in [2.24, 2.45) is 23.7 Å². The number of anilines is 2. The third kappa shape index (κ3) is 38.6. The van der Waals surface area contributed by atoms with Gasteiger partial charge in [-0.2, -0.15) is 0 Å². The molecule has 3 aromatic carbocycles. The topological polar surface area (TPSA) is 43.4 Å². The number of ether oxygens (including phenoxy) is 4. The predicted molar refractivity (Wildman–Crippen MR) is 277 cm³/mol. The second-order valence-electron chi connectivity index (χ2n) is 16.4. The van der Waals surface area contributed by atoms with Gasteiger partial charge in [0.15, 0.2) is 0 Å². The lowest BCUT2D eigenvalue weighted by molar-refractivity contribution is 0.0971. The Balaban J connectivity index is 0. The summed E-state index contributed by atoms with van der Waals surface area (Å²) in [5, 5.41) is 0. The van der Waals surface area contributed by atoms with E-state index in [1.54, 1.807) is 0 Å². The molecule has 6 nitrogen and oxygen atoms in total. The van der Waals surface area contributed by atoms with Crippen molar-refractivity contribution in [2.75, 3.05) is 69.5 Å². The molecule has 0 amide bonds. The molecule has 0 aliphatic rings. The second-order valence-corrected chi connectivity index (χ2v) is 16.4. The molecule has 0 saturated carbocycles. The molecule has 0 unspecified atom stereocenters. The van der Waals surface area contributed by atoms with E-state index in [0.717, 1.165) is 45.3 Å². The Morgan fingerprint density at radius 1 is 0.391 bits per heavy atom. The summed E-state index contributed by atoms with van der Waals surface area (Å²) < 4.78 is 21.9. The summed E-state index contributed by atoms with van der Waals surface area (Å²) in [7, 11) is 2.05. The lowest BCUT2D eigenvalue weighted by Crippen LogP contribution is -2.23. The summed E-state index contributed by atoms with van der Waals surface area (Å²) in [4.78, 5) is 4.31. The number of hydrogen-bond donors (Lipinski definition) is 0. The second kappa shape index (κ2) is 43.2. The van der Waals surface area contributed by atoms with Crippen LogP contribution in [0.3, 0.4) is 0 Å². The van der Waals surface area contributed by atoms with Crippen LogP contribution in [0.5, 0.6) is 0 Å². The van der Waals surface area contributed by atoms with Crippen molar-refractivity contribution < 1.29 is 18.9 Å². The van der Waals surface area contributed by atoms with Gasteiger partial charge < -0.3 is 28.7 Å². The Kier molecular flexibility index (Phi) is 41.1. The Morgan fingerprint density at radius 3 is 1.09 bits per heavy atom. The summed E-state index contributed by atoms with van der Waals surface area (Å²) in [6, 6.07) is 27.2. The molecule has 0 aliphatic heterocycles. The van der Waals surface area contributed by atoms with E-state index >= 15 is 0 Å². The SMILES string of the molecule is CC#CC.CC#CCN(C)c1ccc(COCC(C)C)cc1.CC#CCN(CC#CC)c1ccc(COCC(C)C)cc1.CC#CCOCC(C)C.CC(C)COCc1ccccc1. The predicted octanol–water partition coefficient (Wildman–Crippen LogP) is 12.6. The first-order chi connectivity index (χ1) is 30.8. The molecule has 0 bridgehead atoms. The fourth-order valence-corrected chi connectivity index (χ4v) is 4.76. The maximum atomic E-state index is 5.65. The third-order valence-corrected chi connectivity index (χ3v) is 8.12. The molecule has 64 heavy (non-hydrogen) atoms. The Hall–Kier alpha value is -5.10. The molecule has 0 saturated heterocycles. The van der Waals surface area contributed by atoms with Crippen molar-refractivity contribution in [1.82, 2.24) is 0 Å².